The molecule has 2 rings (SSSR count). The van der Waals surface area contributed by atoms with Gasteiger partial charge in [-0.3, -0.25) is 9.59 Å². The molecule has 0 aliphatic heterocycles. The van der Waals surface area contributed by atoms with Crippen molar-refractivity contribution in [3.05, 3.63) is 40.9 Å². The third-order valence-electron chi connectivity index (χ3n) is 3.43. The lowest BCUT2D eigenvalue weighted by Crippen LogP contribution is -2.36. The van der Waals surface area contributed by atoms with E-state index >= 15 is 0 Å². The lowest BCUT2D eigenvalue weighted by molar-refractivity contribution is -0.136. The molecule has 4 nitrogen and oxygen atoms in total. The van der Waals surface area contributed by atoms with Crippen molar-refractivity contribution in [1.29, 1.82) is 0 Å². The summed E-state index contributed by atoms with van der Waals surface area (Å²) >= 11 is 5.76. The summed E-state index contributed by atoms with van der Waals surface area (Å²) in [7, 11) is 0. The average molecular weight is 307 g/mol. The smallest absolute Gasteiger partial charge is 0.313 e. The van der Waals surface area contributed by atoms with E-state index in [9.17, 15) is 9.59 Å². The van der Waals surface area contributed by atoms with Gasteiger partial charge < -0.3 is 10.6 Å². The van der Waals surface area contributed by atoms with Crippen LogP contribution in [-0.4, -0.2) is 18.4 Å². The third kappa shape index (κ3) is 5.23. The van der Waals surface area contributed by atoms with Crippen LogP contribution in [0.1, 0.15) is 32.1 Å². The number of rotatable bonds is 4. The van der Waals surface area contributed by atoms with Crippen molar-refractivity contribution in [3.63, 3.8) is 0 Å². The SMILES string of the molecule is O=C(NCCC1=CCCCC1)C(=O)Nc1ccc(Cl)cc1. The summed E-state index contributed by atoms with van der Waals surface area (Å²) in [6.07, 6.45) is 7.76. The van der Waals surface area contributed by atoms with Crippen LogP contribution in [0.5, 0.6) is 0 Å². The first kappa shape index (κ1) is 15.6. The van der Waals surface area contributed by atoms with Gasteiger partial charge in [-0.05, 0) is 56.4 Å². The van der Waals surface area contributed by atoms with Gasteiger partial charge in [0.1, 0.15) is 0 Å². The zero-order chi connectivity index (χ0) is 15.1. The van der Waals surface area contributed by atoms with Crippen LogP contribution in [0, 0.1) is 0 Å². The minimum absolute atomic E-state index is 0.499. The van der Waals surface area contributed by atoms with Gasteiger partial charge in [-0.15, -0.1) is 0 Å². The highest BCUT2D eigenvalue weighted by atomic mass is 35.5. The van der Waals surface area contributed by atoms with Crippen molar-refractivity contribution in [3.8, 4) is 0 Å². The van der Waals surface area contributed by atoms with E-state index in [0.29, 0.717) is 17.3 Å². The lowest BCUT2D eigenvalue weighted by atomic mass is 9.97. The fourth-order valence-electron chi connectivity index (χ4n) is 2.27. The first-order valence-electron chi connectivity index (χ1n) is 7.18. The lowest BCUT2D eigenvalue weighted by Gasteiger charge is -2.12. The molecule has 0 aromatic heterocycles. The average Bonchev–Trinajstić information content (AvgIpc) is 2.50. The van der Waals surface area contributed by atoms with Crippen LogP contribution < -0.4 is 10.6 Å². The molecule has 0 saturated carbocycles. The number of amides is 2. The maximum Gasteiger partial charge on any atom is 0.313 e. The van der Waals surface area contributed by atoms with Gasteiger partial charge in [-0.2, -0.15) is 0 Å². The van der Waals surface area contributed by atoms with Crippen molar-refractivity contribution in [1.82, 2.24) is 5.32 Å². The molecule has 5 heteroatoms. The highest BCUT2D eigenvalue weighted by Gasteiger charge is 2.13. The van der Waals surface area contributed by atoms with Gasteiger partial charge in [-0.25, -0.2) is 0 Å². The number of benzene rings is 1. The second-order valence-corrected chi connectivity index (χ2v) is 5.51. The van der Waals surface area contributed by atoms with Gasteiger partial charge in [0.25, 0.3) is 0 Å². The van der Waals surface area contributed by atoms with E-state index in [1.54, 1.807) is 24.3 Å². The minimum Gasteiger partial charge on any atom is -0.348 e. The molecule has 1 aromatic carbocycles. The van der Waals surface area contributed by atoms with E-state index in [1.807, 2.05) is 0 Å². The van der Waals surface area contributed by atoms with Crippen LogP contribution in [0.15, 0.2) is 35.9 Å². The molecule has 1 aliphatic carbocycles. The van der Waals surface area contributed by atoms with E-state index in [1.165, 1.54) is 18.4 Å². The van der Waals surface area contributed by atoms with E-state index in [4.69, 9.17) is 11.6 Å². The fourth-order valence-corrected chi connectivity index (χ4v) is 2.40. The summed E-state index contributed by atoms with van der Waals surface area (Å²) in [5, 5.41) is 5.76. The van der Waals surface area contributed by atoms with E-state index < -0.39 is 11.8 Å². The van der Waals surface area contributed by atoms with Crippen LogP contribution in [0.25, 0.3) is 0 Å². The van der Waals surface area contributed by atoms with E-state index in [2.05, 4.69) is 16.7 Å². The zero-order valence-corrected chi connectivity index (χ0v) is 12.6. The molecule has 0 fully saturated rings. The Morgan fingerprint density at radius 2 is 1.86 bits per heavy atom. The highest BCUT2D eigenvalue weighted by Crippen LogP contribution is 2.19. The topological polar surface area (TPSA) is 58.2 Å². The molecule has 112 valence electrons. The van der Waals surface area contributed by atoms with Gasteiger partial charge >= 0.3 is 11.8 Å². The maximum absolute atomic E-state index is 11.7. The molecule has 2 N–H and O–H groups in total. The number of hydrogen-bond donors (Lipinski definition) is 2. The van der Waals surface area contributed by atoms with Crippen molar-refractivity contribution < 1.29 is 9.59 Å². The van der Waals surface area contributed by atoms with Crippen LogP contribution in [0.3, 0.4) is 0 Å². The van der Waals surface area contributed by atoms with Crippen molar-refractivity contribution in [2.24, 2.45) is 0 Å². The van der Waals surface area contributed by atoms with Gasteiger partial charge in [0, 0.05) is 17.3 Å². The molecule has 0 bridgehead atoms. The maximum atomic E-state index is 11.7. The number of halogens is 1. The number of anilines is 1. The Balaban J connectivity index is 1.73. The number of carbonyl (C=O) groups is 2. The van der Waals surface area contributed by atoms with Gasteiger partial charge in [-0.1, -0.05) is 23.3 Å². The van der Waals surface area contributed by atoms with Crippen LogP contribution >= 0.6 is 11.6 Å². The van der Waals surface area contributed by atoms with Crippen LogP contribution in [-0.2, 0) is 9.59 Å². The first-order chi connectivity index (χ1) is 10.1. The number of hydrogen-bond acceptors (Lipinski definition) is 2. The Labute approximate surface area is 129 Å². The molecule has 0 saturated heterocycles. The summed E-state index contributed by atoms with van der Waals surface area (Å²) in [4.78, 5) is 23.4. The first-order valence-corrected chi connectivity index (χ1v) is 7.55. The van der Waals surface area contributed by atoms with Crippen LogP contribution in [0.4, 0.5) is 5.69 Å². The molecule has 1 aliphatic rings. The zero-order valence-electron chi connectivity index (χ0n) is 11.8. The van der Waals surface area contributed by atoms with Crippen molar-refractivity contribution >= 4 is 29.1 Å². The van der Waals surface area contributed by atoms with E-state index in [-0.39, 0.29) is 0 Å². The summed E-state index contributed by atoms with van der Waals surface area (Å²) in [5.41, 5.74) is 1.93. The molecule has 21 heavy (non-hydrogen) atoms. The Hall–Kier alpha value is -1.81. The van der Waals surface area contributed by atoms with Gasteiger partial charge in [0.05, 0.1) is 0 Å². The molecule has 0 unspecified atom stereocenters. The monoisotopic (exact) mass is 306 g/mol. The summed E-state index contributed by atoms with van der Waals surface area (Å²) < 4.78 is 0. The normalized spacial score (nSPS) is 14.2. The molecular formula is C16H19ClN2O2. The molecule has 0 radical (unpaired) electrons. The highest BCUT2D eigenvalue weighted by molar-refractivity contribution is 6.39. The fraction of sp³-hybridized carbons (Fsp3) is 0.375. The predicted molar refractivity (Wildman–Crippen MR) is 84.3 cm³/mol. The summed E-state index contributed by atoms with van der Waals surface area (Å²) in [6, 6.07) is 6.62. The van der Waals surface area contributed by atoms with E-state index in [0.717, 1.165) is 19.3 Å². The van der Waals surface area contributed by atoms with Crippen LogP contribution in [0.2, 0.25) is 5.02 Å². The number of allylic oxidation sites excluding steroid dienone is 1. The summed E-state index contributed by atoms with van der Waals surface area (Å²) in [6.45, 7) is 0.499. The molecule has 0 spiro atoms. The Kier molecular flexibility index (Phi) is 5.81. The second kappa shape index (κ2) is 7.84. The Morgan fingerprint density at radius 1 is 1.10 bits per heavy atom. The molecular weight excluding hydrogens is 288 g/mol. The second-order valence-electron chi connectivity index (χ2n) is 5.08. The quantitative estimate of drug-likeness (QED) is 0.662. The Morgan fingerprint density at radius 3 is 2.52 bits per heavy atom. The third-order valence-corrected chi connectivity index (χ3v) is 3.68. The minimum atomic E-state index is -0.657. The standard InChI is InChI=1S/C16H19ClN2O2/c17-13-6-8-14(9-7-13)19-16(21)15(20)18-11-10-12-4-2-1-3-5-12/h4,6-9H,1-3,5,10-11H2,(H,18,20)(H,19,21). The number of nitrogens with one attached hydrogen (secondary N) is 2. The van der Waals surface area contributed by atoms with Gasteiger partial charge in [0.2, 0.25) is 0 Å². The molecule has 1 aromatic rings. The molecule has 2 amide bonds. The van der Waals surface area contributed by atoms with Crippen molar-refractivity contribution in [2.75, 3.05) is 11.9 Å². The largest absolute Gasteiger partial charge is 0.348 e. The number of carbonyl (C=O) groups excluding carboxylic acids is 2. The molecule has 0 atom stereocenters. The summed E-state index contributed by atoms with van der Waals surface area (Å²) in [5.74, 6) is -1.27. The van der Waals surface area contributed by atoms with Crippen molar-refractivity contribution in [2.45, 2.75) is 32.1 Å². The Bertz CT molecular complexity index is 538. The molecule has 0 heterocycles. The van der Waals surface area contributed by atoms with Gasteiger partial charge in [0.15, 0.2) is 0 Å². The predicted octanol–water partition coefficient (Wildman–Crippen LogP) is 3.29.